The van der Waals surface area contributed by atoms with Crippen LogP contribution in [0, 0.1) is 5.41 Å². The Morgan fingerprint density at radius 3 is 1.95 bits per heavy atom. The number of carbonyl (C=O) groups excluding carboxylic acids is 1. The summed E-state index contributed by atoms with van der Waals surface area (Å²) in [6.45, 7) is 10.3. The van der Waals surface area contributed by atoms with E-state index in [4.69, 9.17) is 4.74 Å². The van der Waals surface area contributed by atoms with Crippen LogP contribution in [0.5, 0.6) is 0 Å². The Balaban J connectivity index is 3.21. The van der Waals surface area contributed by atoms with Gasteiger partial charge in [0.1, 0.15) is 5.76 Å². The summed E-state index contributed by atoms with van der Waals surface area (Å²) in [4.78, 5) is 12.7. The van der Waals surface area contributed by atoms with Crippen LogP contribution in [0.4, 0.5) is 0 Å². The zero-order valence-electron chi connectivity index (χ0n) is 13.5. The molecule has 0 saturated carbocycles. The van der Waals surface area contributed by atoms with E-state index in [0.717, 1.165) is 18.4 Å². The molecule has 0 aromatic carbocycles. The van der Waals surface area contributed by atoms with E-state index >= 15 is 0 Å². The highest BCUT2D eigenvalue weighted by Crippen LogP contribution is 2.41. The number of methoxy groups -OCH3 is 1. The number of allylic oxidation sites excluding steroid dienone is 7. The van der Waals surface area contributed by atoms with Crippen LogP contribution in [0.2, 0.25) is 0 Å². The Kier molecular flexibility index (Phi) is 5.55. The SMILES string of the molecule is COC1=CC(=O)C(CC=C(C)C)(CC=C(C)C)C(C)=C1. The maximum absolute atomic E-state index is 12.7. The number of ether oxygens (including phenoxy) is 1. The van der Waals surface area contributed by atoms with Crippen LogP contribution in [0.1, 0.15) is 47.5 Å². The summed E-state index contributed by atoms with van der Waals surface area (Å²) in [5, 5.41) is 0. The molecule has 0 amide bonds. The van der Waals surface area contributed by atoms with E-state index in [1.807, 2.05) is 13.0 Å². The second kappa shape index (κ2) is 6.74. The molecule has 1 aliphatic rings. The molecular formula is C18H26O2. The van der Waals surface area contributed by atoms with Crippen molar-refractivity contribution in [2.45, 2.75) is 47.5 Å². The predicted octanol–water partition coefficient (Wildman–Crippen LogP) is 4.74. The summed E-state index contributed by atoms with van der Waals surface area (Å²) in [5.74, 6) is 0.793. The third-order valence-corrected chi connectivity index (χ3v) is 3.81. The lowest BCUT2D eigenvalue weighted by Crippen LogP contribution is -2.33. The summed E-state index contributed by atoms with van der Waals surface area (Å²) in [7, 11) is 1.60. The summed E-state index contributed by atoms with van der Waals surface area (Å²) in [5.41, 5.74) is 3.11. The van der Waals surface area contributed by atoms with Crippen molar-refractivity contribution in [2.24, 2.45) is 5.41 Å². The maximum atomic E-state index is 12.7. The van der Waals surface area contributed by atoms with Gasteiger partial charge in [0.2, 0.25) is 0 Å². The highest BCUT2D eigenvalue weighted by molar-refractivity contribution is 5.99. The second-order valence-electron chi connectivity index (χ2n) is 6.00. The van der Waals surface area contributed by atoms with Gasteiger partial charge in [0.05, 0.1) is 12.5 Å². The van der Waals surface area contributed by atoms with Crippen molar-refractivity contribution in [3.8, 4) is 0 Å². The summed E-state index contributed by atoms with van der Waals surface area (Å²) in [6.07, 6.45) is 9.41. The Labute approximate surface area is 122 Å². The smallest absolute Gasteiger partial charge is 0.170 e. The minimum atomic E-state index is -0.448. The molecule has 0 radical (unpaired) electrons. The van der Waals surface area contributed by atoms with Gasteiger partial charge in [0.15, 0.2) is 5.78 Å². The third-order valence-electron chi connectivity index (χ3n) is 3.81. The van der Waals surface area contributed by atoms with Gasteiger partial charge in [-0.05, 0) is 53.5 Å². The van der Waals surface area contributed by atoms with Crippen LogP contribution in [-0.4, -0.2) is 12.9 Å². The van der Waals surface area contributed by atoms with Crippen LogP contribution in [0.3, 0.4) is 0 Å². The lowest BCUT2D eigenvalue weighted by molar-refractivity contribution is -0.122. The van der Waals surface area contributed by atoms with Crippen LogP contribution in [0.25, 0.3) is 0 Å². The number of hydrogen-bond acceptors (Lipinski definition) is 2. The standard InChI is InChI=1S/C18H26O2/c1-13(2)7-9-18(10-8-14(3)4)15(5)11-16(20-6)12-17(18)19/h7-8,11-12H,9-10H2,1-6H3. The van der Waals surface area contributed by atoms with Gasteiger partial charge in [-0.15, -0.1) is 0 Å². The Morgan fingerprint density at radius 1 is 1.10 bits per heavy atom. The van der Waals surface area contributed by atoms with E-state index in [1.165, 1.54) is 11.1 Å². The Bertz CT molecular complexity index is 474. The highest BCUT2D eigenvalue weighted by Gasteiger charge is 2.39. The van der Waals surface area contributed by atoms with Crippen molar-refractivity contribution in [2.75, 3.05) is 7.11 Å². The summed E-state index contributed by atoms with van der Waals surface area (Å²) >= 11 is 0. The van der Waals surface area contributed by atoms with E-state index in [1.54, 1.807) is 13.2 Å². The molecule has 0 spiro atoms. The molecule has 2 heteroatoms. The minimum Gasteiger partial charge on any atom is -0.497 e. The zero-order valence-corrected chi connectivity index (χ0v) is 13.5. The van der Waals surface area contributed by atoms with E-state index in [9.17, 15) is 4.79 Å². The monoisotopic (exact) mass is 274 g/mol. The number of rotatable bonds is 5. The first-order valence-corrected chi connectivity index (χ1v) is 7.07. The largest absolute Gasteiger partial charge is 0.497 e. The molecule has 0 fully saturated rings. The van der Waals surface area contributed by atoms with Gasteiger partial charge in [-0.25, -0.2) is 0 Å². The van der Waals surface area contributed by atoms with Crippen LogP contribution in [0.15, 0.2) is 46.8 Å². The Hall–Kier alpha value is -1.57. The van der Waals surface area contributed by atoms with Gasteiger partial charge >= 0.3 is 0 Å². The lowest BCUT2D eigenvalue weighted by atomic mass is 9.69. The van der Waals surface area contributed by atoms with Crippen LogP contribution in [-0.2, 0) is 9.53 Å². The van der Waals surface area contributed by atoms with E-state index < -0.39 is 5.41 Å². The molecule has 110 valence electrons. The maximum Gasteiger partial charge on any atom is 0.170 e. The topological polar surface area (TPSA) is 26.3 Å². The number of ketones is 1. The molecule has 1 rings (SSSR count). The molecule has 0 unspecified atom stereocenters. The van der Waals surface area contributed by atoms with E-state index in [0.29, 0.717) is 5.76 Å². The van der Waals surface area contributed by atoms with Crippen molar-refractivity contribution >= 4 is 5.78 Å². The normalized spacial score (nSPS) is 17.0. The van der Waals surface area contributed by atoms with Crippen molar-refractivity contribution < 1.29 is 9.53 Å². The van der Waals surface area contributed by atoms with Crippen molar-refractivity contribution in [1.82, 2.24) is 0 Å². The first kappa shape index (κ1) is 16.5. The van der Waals surface area contributed by atoms with Crippen LogP contribution < -0.4 is 0 Å². The first-order chi connectivity index (χ1) is 9.31. The van der Waals surface area contributed by atoms with Gasteiger partial charge in [-0.3, -0.25) is 4.79 Å². The molecule has 20 heavy (non-hydrogen) atoms. The fourth-order valence-electron chi connectivity index (χ4n) is 2.34. The highest BCUT2D eigenvalue weighted by atomic mass is 16.5. The Morgan fingerprint density at radius 2 is 1.60 bits per heavy atom. The van der Waals surface area contributed by atoms with Crippen LogP contribution >= 0.6 is 0 Å². The van der Waals surface area contributed by atoms with Gasteiger partial charge in [0.25, 0.3) is 0 Å². The summed E-state index contributed by atoms with van der Waals surface area (Å²) in [6, 6.07) is 0. The van der Waals surface area contributed by atoms with Gasteiger partial charge in [-0.2, -0.15) is 0 Å². The molecule has 0 atom stereocenters. The average Bonchev–Trinajstić information content (AvgIpc) is 2.36. The molecule has 0 N–H and O–H groups in total. The fraction of sp³-hybridized carbons (Fsp3) is 0.500. The number of hydrogen-bond donors (Lipinski definition) is 0. The van der Waals surface area contributed by atoms with E-state index in [-0.39, 0.29) is 5.78 Å². The van der Waals surface area contributed by atoms with Crippen molar-refractivity contribution in [3.05, 3.63) is 46.8 Å². The molecular weight excluding hydrogens is 248 g/mol. The van der Waals surface area contributed by atoms with Crippen molar-refractivity contribution in [1.29, 1.82) is 0 Å². The first-order valence-electron chi connectivity index (χ1n) is 7.07. The lowest BCUT2D eigenvalue weighted by Gasteiger charge is -2.33. The fourth-order valence-corrected chi connectivity index (χ4v) is 2.34. The molecule has 0 aromatic heterocycles. The third kappa shape index (κ3) is 3.72. The zero-order chi connectivity index (χ0) is 15.3. The number of carbonyl (C=O) groups is 1. The van der Waals surface area contributed by atoms with E-state index in [2.05, 4.69) is 39.8 Å². The van der Waals surface area contributed by atoms with Crippen molar-refractivity contribution in [3.63, 3.8) is 0 Å². The van der Waals surface area contributed by atoms with Gasteiger partial charge < -0.3 is 4.74 Å². The molecule has 0 aliphatic heterocycles. The molecule has 0 bridgehead atoms. The minimum absolute atomic E-state index is 0.143. The van der Waals surface area contributed by atoms with Gasteiger partial charge in [0, 0.05) is 6.08 Å². The molecule has 2 nitrogen and oxygen atoms in total. The second-order valence-corrected chi connectivity index (χ2v) is 6.00. The molecule has 1 aliphatic carbocycles. The molecule has 0 saturated heterocycles. The molecule has 0 heterocycles. The molecule has 0 aromatic rings. The summed E-state index contributed by atoms with van der Waals surface area (Å²) < 4.78 is 5.21. The predicted molar refractivity (Wildman–Crippen MR) is 84.4 cm³/mol. The van der Waals surface area contributed by atoms with Gasteiger partial charge in [-0.1, -0.05) is 28.9 Å². The average molecular weight is 274 g/mol. The quantitative estimate of drug-likeness (QED) is 0.677.